The Balaban J connectivity index is 1.58. The number of rotatable bonds is 9. The number of anilines is 1. The molecule has 3 aromatic rings. The van der Waals surface area contributed by atoms with E-state index in [1.165, 1.54) is 0 Å². The lowest BCUT2D eigenvalue weighted by molar-refractivity contribution is -0.113. The molecule has 0 spiro atoms. The van der Waals surface area contributed by atoms with Crippen LogP contribution in [0.4, 0.5) is 5.69 Å². The van der Waals surface area contributed by atoms with E-state index < -0.39 is 0 Å². The van der Waals surface area contributed by atoms with Crippen LogP contribution in [0, 0.1) is 0 Å². The predicted octanol–water partition coefficient (Wildman–Crippen LogP) is 3.88. The van der Waals surface area contributed by atoms with E-state index in [1.807, 2.05) is 6.92 Å². The minimum absolute atomic E-state index is 0.134. The minimum Gasteiger partial charge on any atom is -0.497 e. The molecule has 0 saturated heterocycles. The Kier molecular flexibility index (Phi) is 6.96. The van der Waals surface area contributed by atoms with Gasteiger partial charge in [0, 0.05) is 11.8 Å². The van der Waals surface area contributed by atoms with Crippen molar-refractivity contribution in [2.24, 2.45) is 0 Å². The number of carbonyl (C=O) groups excluding carboxylic acids is 1. The van der Waals surface area contributed by atoms with Gasteiger partial charge in [0.1, 0.15) is 17.2 Å². The van der Waals surface area contributed by atoms with Gasteiger partial charge in [0.05, 0.1) is 32.1 Å². The first-order valence-electron chi connectivity index (χ1n) is 8.84. The normalized spacial score (nSPS) is 10.4. The van der Waals surface area contributed by atoms with E-state index >= 15 is 0 Å². The van der Waals surface area contributed by atoms with Gasteiger partial charge in [-0.1, -0.05) is 11.8 Å². The van der Waals surface area contributed by atoms with E-state index in [0.29, 0.717) is 40.5 Å². The van der Waals surface area contributed by atoms with E-state index in [4.69, 9.17) is 18.6 Å². The smallest absolute Gasteiger partial charge is 0.277 e. The fourth-order valence-corrected chi connectivity index (χ4v) is 3.04. The Morgan fingerprint density at radius 1 is 1.07 bits per heavy atom. The average Bonchev–Trinajstić information content (AvgIpc) is 3.22. The molecule has 152 valence electrons. The van der Waals surface area contributed by atoms with Gasteiger partial charge in [-0.25, -0.2) is 0 Å². The molecule has 0 saturated carbocycles. The molecule has 0 radical (unpaired) electrons. The van der Waals surface area contributed by atoms with E-state index in [9.17, 15) is 4.79 Å². The highest BCUT2D eigenvalue weighted by molar-refractivity contribution is 7.99. The van der Waals surface area contributed by atoms with Crippen molar-refractivity contribution < 1.29 is 23.4 Å². The number of benzene rings is 2. The number of amides is 1. The number of nitrogens with zero attached hydrogens (tertiary/aromatic N) is 2. The molecule has 29 heavy (non-hydrogen) atoms. The quantitative estimate of drug-likeness (QED) is 0.526. The third-order valence-electron chi connectivity index (χ3n) is 3.82. The molecule has 0 aliphatic heterocycles. The first kappa shape index (κ1) is 20.5. The zero-order valence-electron chi connectivity index (χ0n) is 16.3. The predicted molar refractivity (Wildman–Crippen MR) is 110 cm³/mol. The number of aromatic nitrogens is 2. The number of thioether (sulfide) groups is 1. The van der Waals surface area contributed by atoms with Crippen molar-refractivity contribution in [1.82, 2.24) is 10.2 Å². The molecule has 1 aromatic heterocycles. The summed E-state index contributed by atoms with van der Waals surface area (Å²) in [6, 6.07) is 12.5. The first-order chi connectivity index (χ1) is 14.1. The number of hydrogen-bond donors (Lipinski definition) is 1. The molecule has 2 aromatic carbocycles. The lowest BCUT2D eigenvalue weighted by atomic mass is 10.2. The summed E-state index contributed by atoms with van der Waals surface area (Å²) >= 11 is 1.15. The summed E-state index contributed by atoms with van der Waals surface area (Å²) in [7, 11) is 3.13. The second kappa shape index (κ2) is 9.83. The monoisotopic (exact) mass is 415 g/mol. The largest absolute Gasteiger partial charge is 0.497 e. The highest BCUT2D eigenvalue weighted by Gasteiger charge is 2.15. The number of methoxy groups -OCH3 is 2. The van der Waals surface area contributed by atoms with Crippen LogP contribution in [0.25, 0.3) is 11.5 Å². The molecule has 3 rings (SSSR count). The summed E-state index contributed by atoms with van der Waals surface area (Å²) in [6.45, 7) is 2.51. The third-order valence-corrected chi connectivity index (χ3v) is 4.64. The van der Waals surface area contributed by atoms with E-state index in [0.717, 1.165) is 17.5 Å². The van der Waals surface area contributed by atoms with E-state index in [-0.39, 0.29) is 11.7 Å². The van der Waals surface area contributed by atoms with Gasteiger partial charge in [-0.05, 0) is 43.3 Å². The van der Waals surface area contributed by atoms with Crippen molar-refractivity contribution in [1.29, 1.82) is 0 Å². The molecule has 1 amide bonds. The topological polar surface area (TPSA) is 95.7 Å². The summed E-state index contributed by atoms with van der Waals surface area (Å²) in [5.41, 5.74) is 1.33. The molecule has 0 aliphatic rings. The highest BCUT2D eigenvalue weighted by atomic mass is 32.2. The van der Waals surface area contributed by atoms with Crippen LogP contribution in [0.3, 0.4) is 0 Å². The van der Waals surface area contributed by atoms with Crippen molar-refractivity contribution in [3.8, 4) is 28.7 Å². The number of nitrogens with one attached hydrogen (secondary N) is 1. The second-order valence-corrected chi connectivity index (χ2v) is 6.66. The van der Waals surface area contributed by atoms with Gasteiger partial charge in [0.25, 0.3) is 11.1 Å². The Morgan fingerprint density at radius 2 is 1.83 bits per heavy atom. The lowest BCUT2D eigenvalue weighted by Gasteiger charge is -2.07. The molecule has 0 atom stereocenters. The average molecular weight is 415 g/mol. The van der Waals surface area contributed by atoms with Gasteiger partial charge in [0.2, 0.25) is 5.91 Å². The van der Waals surface area contributed by atoms with Crippen LogP contribution in [-0.4, -0.2) is 42.7 Å². The summed E-state index contributed by atoms with van der Waals surface area (Å²) < 4.78 is 21.6. The molecular weight excluding hydrogens is 394 g/mol. The summed E-state index contributed by atoms with van der Waals surface area (Å²) in [6.07, 6.45) is 0. The highest BCUT2D eigenvalue weighted by Crippen LogP contribution is 2.33. The van der Waals surface area contributed by atoms with Crippen LogP contribution < -0.4 is 19.5 Å². The minimum atomic E-state index is -0.180. The molecule has 0 fully saturated rings. The number of hydrogen-bond acceptors (Lipinski definition) is 8. The van der Waals surface area contributed by atoms with Crippen molar-refractivity contribution in [2.45, 2.75) is 12.1 Å². The lowest BCUT2D eigenvalue weighted by Crippen LogP contribution is -2.13. The van der Waals surface area contributed by atoms with Gasteiger partial charge >= 0.3 is 0 Å². The summed E-state index contributed by atoms with van der Waals surface area (Å²) in [5.74, 6) is 2.23. The molecule has 8 nitrogen and oxygen atoms in total. The number of carbonyl (C=O) groups is 1. The Morgan fingerprint density at radius 3 is 2.52 bits per heavy atom. The zero-order valence-corrected chi connectivity index (χ0v) is 17.1. The summed E-state index contributed by atoms with van der Waals surface area (Å²) in [5, 5.41) is 11.1. The molecular formula is C20H21N3O5S. The summed E-state index contributed by atoms with van der Waals surface area (Å²) in [4.78, 5) is 12.2. The maximum absolute atomic E-state index is 12.2. The molecule has 1 heterocycles. The van der Waals surface area contributed by atoms with Crippen LogP contribution >= 0.6 is 11.8 Å². The van der Waals surface area contributed by atoms with Gasteiger partial charge in [-0.3, -0.25) is 4.79 Å². The fraction of sp³-hybridized carbons (Fsp3) is 0.250. The number of ether oxygens (including phenoxy) is 3. The Labute approximate surface area is 172 Å². The molecule has 9 heteroatoms. The second-order valence-electron chi connectivity index (χ2n) is 5.73. The van der Waals surface area contributed by atoms with Gasteiger partial charge in [0.15, 0.2) is 0 Å². The van der Waals surface area contributed by atoms with Gasteiger partial charge in [-0.15, -0.1) is 10.2 Å². The van der Waals surface area contributed by atoms with Crippen LogP contribution in [0.2, 0.25) is 0 Å². The van der Waals surface area contributed by atoms with Crippen LogP contribution in [0.5, 0.6) is 17.2 Å². The van der Waals surface area contributed by atoms with Crippen molar-refractivity contribution in [2.75, 3.05) is 31.9 Å². The van der Waals surface area contributed by atoms with Crippen LogP contribution in [0.1, 0.15) is 6.92 Å². The molecule has 0 unspecified atom stereocenters. The molecule has 0 bridgehead atoms. The van der Waals surface area contributed by atoms with Gasteiger partial charge < -0.3 is 23.9 Å². The fourth-order valence-electron chi connectivity index (χ4n) is 2.48. The Bertz CT molecular complexity index is 959. The van der Waals surface area contributed by atoms with E-state index in [1.54, 1.807) is 56.7 Å². The van der Waals surface area contributed by atoms with Crippen molar-refractivity contribution >= 4 is 23.4 Å². The first-order valence-corrected chi connectivity index (χ1v) is 9.83. The zero-order chi connectivity index (χ0) is 20.6. The SMILES string of the molecule is CCOc1ccc(NC(=O)CSc2nnc(-c3ccc(OC)cc3OC)o2)cc1. The standard InChI is InChI=1S/C20H21N3O5S/c1-4-27-14-7-5-13(6-8-14)21-18(24)12-29-20-23-22-19(28-20)16-10-9-15(25-2)11-17(16)26-3/h5-11H,4,12H2,1-3H3,(H,21,24). The maximum Gasteiger partial charge on any atom is 0.277 e. The van der Waals surface area contributed by atoms with E-state index in [2.05, 4.69) is 15.5 Å². The van der Waals surface area contributed by atoms with Crippen LogP contribution in [-0.2, 0) is 4.79 Å². The van der Waals surface area contributed by atoms with Gasteiger partial charge in [-0.2, -0.15) is 0 Å². The van der Waals surface area contributed by atoms with Crippen molar-refractivity contribution in [3.05, 3.63) is 42.5 Å². The molecule has 1 N–H and O–H groups in total. The maximum atomic E-state index is 12.2. The Hall–Kier alpha value is -3.20. The molecule has 0 aliphatic carbocycles. The van der Waals surface area contributed by atoms with Crippen LogP contribution in [0.15, 0.2) is 52.1 Å². The third kappa shape index (κ3) is 5.41. The van der Waals surface area contributed by atoms with Crippen molar-refractivity contribution in [3.63, 3.8) is 0 Å².